The molecule has 1 saturated carbocycles. The van der Waals surface area contributed by atoms with Gasteiger partial charge in [-0.2, -0.15) is 0 Å². The normalized spacial score (nSPS) is 16.8. The van der Waals surface area contributed by atoms with E-state index in [1.54, 1.807) is 0 Å². The van der Waals surface area contributed by atoms with Crippen molar-refractivity contribution in [3.05, 3.63) is 21.9 Å². The smallest absolute Gasteiger partial charge is 0.154 e. The molecule has 1 heterocycles. The number of anilines is 1. The Morgan fingerprint density at radius 2 is 2.00 bits per heavy atom. The maximum Gasteiger partial charge on any atom is 0.154 e. The third-order valence-electron chi connectivity index (χ3n) is 3.72. The summed E-state index contributed by atoms with van der Waals surface area (Å²) in [5, 5.41) is 4.33. The molecule has 2 rings (SSSR count). The average Bonchev–Trinajstić information content (AvgIpc) is 2.34. The lowest BCUT2D eigenvalue weighted by Gasteiger charge is -2.22. The van der Waals surface area contributed by atoms with Crippen molar-refractivity contribution in [1.29, 1.82) is 0 Å². The van der Waals surface area contributed by atoms with Crippen LogP contribution < -0.4 is 5.32 Å². The first-order chi connectivity index (χ1) is 8.66. The van der Waals surface area contributed by atoms with Crippen LogP contribution in [0.5, 0.6) is 0 Å². The summed E-state index contributed by atoms with van der Waals surface area (Å²) in [5.41, 5.74) is 1.99. The molecule has 0 spiro atoms. The molecular formula is C14H20Cl2N2. The first kappa shape index (κ1) is 14.0. The molecule has 0 saturated heterocycles. The molecule has 0 amide bonds. The van der Waals surface area contributed by atoms with Gasteiger partial charge >= 0.3 is 0 Å². The van der Waals surface area contributed by atoms with Crippen LogP contribution in [0.1, 0.15) is 44.1 Å². The third-order valence-corrected chi connectivity index (χ3v) is 4.19. The van der Waals surface area contributed by atoms with Gasteiger partial charge in [-0.25, -0.2) is 4.98 Å². The highest BCUT2D eigenvalue weighted by atomic mass is 35.5. The molecule has 18 heavy (non-hydrogen) atoms. The second-order valence-corrected chi connectivity index (χ2v) is 5.89. The van der Waals surface area contributed by atoms with Crippen molar-refractivity contribution in [1.82, 2.24) is 4.98 Å². The van der Waals surface area contributed by atoms with Crippen LogP contribution in [0.2, 0.25) is 10.3 Å². The highest BCUT2D eigenvalue weighted by Gasteiger charge is 2.13. The molecule has 1 aromatic rings. The van der Waals surface area contributed by atoms with E-state index in [0.29, 0.717) is 10.3 Å². The van der Waals surface area contributed by atoms with Gasteiger partial charge in [0.1, 0.15) is 5.15 Å². The molecule has 1 aliphatic rings. The maximum absolute atomic E-state index is 6.10. The number of rotatable bonds is 4. The van der Waals surface area contributed by atoms with Gasteiger partial charge in [0.15, 0.2) is 5.15 Å². The molecule has 4 heteroatoms. The Balaban J connectivity index is 1.86. The molecule has 1 N–H and O–H groups in total. The van der Waals surface area contributed by atoms with Crippen LogP contribution in [0.4, 0.5) is 5.69 Å². The second kappa shape index (κ2) is 6.63. The van der Waals surface area contributed by atoms with Gasteiger partial charge < -0.3 is 5.32 Å². The highest BCUT2D eigenvalue weighted by molar-refractivity contribution is 6.34. The minimum atomic E-state index is 0.454. The molecule has 0 unspecified atom stereocenters. The number of aryl methyl sites for hydroxylation is 1. The van der Waals surface area contributed by atoms with Crippen LogP contribution in [-0.2, 0) is 0 Å². The van der Waals surface area contributed by atoms with E-state index >= 15 is 0 Å². The van der Waals surface area contributed by atoms with E-state index in [1.807, 2.05) is 13.0 Å². The predicted molar refractivity (Wildman–Crippen MR) is 78.7 cm³/mol. The zero-order valence-electron chi connectivity index (χ0n) is 10.8. The Morgan fingerprint density at radius 3 is 2.67 bits per heavy atom. The molecule has 1 fully saturated rings. The summed E-state index contributed by atoms with van der Waals surface area (Å²) in [5.74, 6) is 0.880. The van der Waals surface area contributed by atoms with Crippen LogP contribution >= 0.6 is 23.2 Å². The number of nitrogens with zero attached hydrogens (tertiary/aromatic N) is 1. The van der Waals surface area contributed by atoms with Gasteiger partial charge in [0.05, 0.1) is 5.69 Å². The van der Waals surface area contributed by atoms with Gasteiger partial charge in [-0.1, -0.05) is 55.3 Å². The van der Waals surface area contributed by atoms with Crippen LogP contribution in [0.15, 0.2) is 6.07 Å². The summed E-state index contributed by atoms with van der Waals surface area (Å²) in [7, 11) is 0. The molecule has 1 aliphatic carbocycles. The summed E-state index contributed by atoms with van der Waals surface area (Å²) in [6.45, 7) is 2.97. The maximum atomic E-state index is 6.10. The van der Waals surface area contributed by atoms with E-state index in [2.05, 4.69) is 10.3 Å². The molecule has 2 nitrogen and oxygen atoms in total. The summed E-state index contributed by atoms with van der Waals surface area (Å²) >= 11 is 12.0. The zero-order valence-corrected chi connectivity index (χ0v) is 12.3. The number of hydrogen-bond acceptors (Lipinski definition) is 2. The Bertz CT molecular complexity index is 378. The van der Waals surface area contributed by atoms with Crippen molar-refractivity contribution in [3.63, 3.8) is 0 Å². The number of halogens is 2. The van der Waals surface area contributed by atoms with Crippen LogP contribution in [0.25, 0.3) is 0 Å². The molecular weight excluding hydrogens is 267 g/mol. The second-order valence-electron chi connectivity index (χ2n) is 5.15. The Hall–Kier alpha value is -0.470. The predicted octanol–water partition coefficient (Wildman–Crippen LogP) is 5.08. The van der Waals surface area contributed by atoms with Crippen molar-refractivity contribution in [2.75, 3.05) is 11.9 Å². The van der Waals surface area contributed by atoms with E-state index in [-0.39, 0.29) is 0 Å². The van der Waals surface area contributed by atoms with Gasteiger partial charge in [-0.15, -0.1) is 0 Å². The number of hydrogen-bond donors (Lipinski definition) is 1. The van der Waals surface area contributed by atoms with Crippen LogP contribution in [0, 0.1) is 12.8 Å². The average molecular weight is 287 g/mol. The molecule has 0 aromatic carbocycles. The minimum Gasteiger partial charge on any atom is -0.382 e. The standard InChI is InChI=1S/C14H20Cl2N2/c1-10-9-12(15)18-14(16)13(10)17-8-7-11-5-3-2-4-6-11/h9,11,17H,2-8H2,1H3. The largest absolute Gasteiger partial charge is 0.382 e. The SMILES string of the molecule is Cc1cc(Cl)nc(Cl)c1NCCC1CCCCC1. The molecule has 1 aromatic heterocycles. The Labute approximate surface area is 119 Å². The lowest BCUT2D eigenvalue weighted by molar-refractivity contribution is 0.345. The fraction of sp³-hybridized carbons (Fsp3) is 0.643. The molecule has 0 bridgehead atoms. The van der Waals surface area contributed by atoms with Gasteiger partial charge in [0.25, 0.3) is 0 Å². The van der Waals surface area contributed by atoms with E-state index in [9.17, 15) is 0 Å². The number of aromatic nitrogens is 1. The van der Waals surface area contributed by atoms with Crippen LogP contribution in [0.3, 0.4) is 0 Å². The van der Waals surface area contributed by atoms with Crippen molar-refractivity contribution in [2.24, 2.45) is 5.92 Å². The van der Waals surface area contributed by atoms with Crippen molar-refractivity contribution in [3.8, 4) is 0 Å². The molecule has 0 aliphatic heterocycles. The summed E-state index contributed by atoms with van der Waals surface area (Å²) < 4.78 is 0. The minimum absolute atomic E-state index is 0.454. The van der Waals surface area contributed by atoms with E-state index in [4.69, 9.17) is 23.2 Å². The summed E-state index contributed by atoms with van der Waals surface area (Å²) in [4.78, 5) is 4.07. The molecule has 0 atom stereocenters. The van der Waals surface area contributed by atoms with E-state index in [1.165, 1.54) is 38.5 Å². The zero-order chi connectivity index (χ0) is 13.0. The van der Waals surface area contributed by atoms with E-state index < -0.39 is 0 Å². The van der Waals surface area contributed by atoms with Gasteiger partial charge in [0.2, 0.25) is 0 Å². The first-order valence-electron chi connectivity index (χ1n) is 6.73. The highest BCUT2D eigenvalue weighted by Crippen LogP contribution is 2.28. The van der Waals surface area contributed by atoms with Gasteiger partial charge in [0, 0.05) is 6.54 Å². The number of nitrogens with one attached hydrogen (secondary N) is 1. The van der Waals surface area contributed by atoms with Gasteiger partial charge in [-0.05, 0) is 30.9 Å². The Kier molecular flexibility index (Phi) is 5.13. The first-order valence-corrected chi connectivity index (χ1v) is 7.49. The quantitative estimate of drug-likeness (QED) is 0.781. The van der Waals surface area contributed by atoms with Crippen molar-refractivity contribution in [2.45, 2.75) is 45.4 Å². The van der Waals surface area contributed by atoms with Gasteiger partial charge in [-0.3, -0.25) is 0 Å². The monoisotopic (exact) mass is 286 g/mol. The summed E-state index contributed by atoms with van der Waals surface area (Å²) in [6, 6.07) is 1.84. The fourth-order valence-electron chi connectivity index (χ4n) is 2.68. The topological polar surface area (TPSA) is 24.9 Å². The van der Waals surface area contributed by atoms with E-state index in [0.717, 1.165) is 23.7 Å². The molecule has 100 valence electrons. The van der Waals surface area contributed by atoms with Crippen molar-refractivity contribution >= 4 is 28.9 Å². The lowest BCUT2D eigenvalue weighted by atomic mass is 9.87. The van der Waals surface area contributed by atoms with Crippen molar-refractivity contribution < 1.29 is 0 Å². The lowest BCUT2D eigenvalue weighted by Crippen LogP contribution is -2.13. The third kappa shape index (κ3) is 3.76. The molecule has 0 radical (unpaired) electrons. The summed E-state index contributed by atoms with van der Waals surface area (Å²) in [6.07, 6.45) is 8.19. The fourth-order valence-corrected chi connectivity index (χ4v) is 3.28. The number of pyridine rings is 1. The van der Waals surface area contributed by atoms with Crippen LogP contribution in [-0.4, -0.2) is 11.5 Å². The Morgan fingerprint density at radius 1 is 1.28 bits per heavy atom.